The van der Waals surface area contributed by atoms with Crippen molar-refractivity contribution in [3.63, 3.8) is 0 Å². The van der Waals surface area contributed by atoms with E-state index in [1.54, 1.807) is 36.4 Å². The van der Waals surface area contributed by atoms with Crippen molar-refractivity contribution in [2.24, 2.45) is 0 Å². The summed E-state index contributed by atoms with van der Waals surface area (Å²) < 4.78 is 42.3. The second-order valence-corrected chi connectivity index (χ2v) is 10.9. The number of hydrogen-bond acceptors (Lipinski definition) is 4. The van der Waals surface area contributed by atoms with Gasteiger partial charge in [0.05, 0.1) is 0 Å². The first kappa shape index (κ1) is 31.4. The Morgan fingerprint density at radius 1 is 0.909 bits per heavy atom. The first-order valence-corrected chi connectivity index (χ1v) is 13.6. The molecule has 0 unspecified atom stereocenters. The van der Waals surface area contributed by atoms with E-state index in [9.17, 15) is 18.0 Å². The van der Waals surface area contributed by atoms with Gasteiger partial charge < -0.3 is 44.3 Å². The molecule has 2 amide bonds. The van der Waals surface area contributed by atoms with Gasteiger partial charge in [-0.1, -0.05) is 18.2 Å². The molecule has 0 bridgehead atoms. The van der Waals surface area contributed by atoms with Crippen molar-refractivity contribution in [3.8, 4) is 11.5 Å². The average molecular weight is 552 g/mol. The fourth-order valence-corrected chi connectivity index (χ4v) is 1.79. The molecule has 0 atom stereocenters. The smallest absolute Gasteiger partial charge is 0.406 e. The van der Waals surface area contributed by atoms with Crippen LogP contribution in [-0.4, -0.2) is 60.1 Å². The molecule has 0 heterocycles. The van der Waals surface area contributed by atoms with Crippen molar-refractivity contribution in [2.75, 3.05) is 18.9 Å². The average Bonchev–Trinajstić information content (AvgIpc) is 2.60. The van der Waals surface area contributed by atoms with E-state index < -0.39 is 32.2 Å². The summed E-state index contributed by atoms with van der Waals surface area (Å²) in [6.45, 7) is -8.92. The standard InChI is InChI=1S/C16H15F3N2O2.2H3O3PS/c1-21(11-16(17,18)19)15(22)20-12-7-9-14(10-8-12)23-13-5-3-2-4-6-13;2*1-4(2,3)5/h2-10H,11H2,1H3,(H,20,22);2*(H3,1,2,3,5). The van der Waals surface area contributed by atoms with Gasteiger partial charge in [0.15, 0.2) is 0 Å². The van der Waals surface area contributed by atoms with Crippen LogP contribution in [0.4, 0.5) is 23.7 Å². The molecule has 0 aromatic heterocycles. The Bertz CT molecular complexity index is 920. The number of alkyl halides is 3. The molecule has 7 N–H and O–H groups in total. The molecule has 17 heteroatoms. The Labute approximate surface area is 197 Å². The number of nitrogens with zero attached hydrogens (tertiary/aromatic N) is 1. The number of nitrogens with one attached hydrogen (secondary N) is 1. The SMILES string of the molecule is CN(CC(F)(F)F)C(=O)Nc1ccc(Oc2ccccc2)cc1.OP(O)(O)=S.OP(O)(O)=S. The maximum atomic E-state index is 12.2. The molecule has 0 aliphatic carbocycles. The van der Waals surface area contributed by atoms with E-state index in [4.69, 9.17) is 34.1 Å². The molecule has 0 aliphatic heterocycles. The number of rotatable bonds is 4. The largest absolute Gasteiger partial charge is 0.457 e. The lowest BCUT2D eigenvalue weighted by atomic mass is 10.3. The summed E-state index contributed by atoms with van der Waals surface area (Å²) in [5.41, 5.74) is 0.379. The van der Waals surface area contributed by atoms with Crippen molar-refractivity contribution >= 4 is 48.8 Å². The lowest BCUT2D eigenvalue weighted by Gasteiger charge is -2.19. The first-order valence-electron chi connectivity index (χ1n) is 8.32. The fourth-order valence-electron chi connectivity index (χ4n) is 1.79. The van der Waals surface area contributed by atoms with Gasteiger partial charge in [0.2, 0.25) is 0 Å². The van der Waals surface area contributed by atoms with E-state index in [1.165, 1.54) is 0 Å². The maximum absolute atomic E-state index is 12.2. The van der Waals surface area contributed by atoms with Gasteiger partial charge in [-0.05, 0) is 60.0 Å². The molecule has 0 fully saturated rings. The lowest BCUT2D eigenvalue weighted by Crippen LogP contribution is -2.38. The van der Waals surface area contributed by atoms with Gasteiger partial charge in [-0.3, -0.25) is 0 Å². The molecular weight excluding hydrogens is 531 g/mol. The Morgan fingerprint density at radius 2 is 1.30 bits per heavy atom. The summed E-state index contributed by atoms with van der Waals surface area (Å²) in [6.07, 6.45) is -4.43. The zero-order valence-electron chi connectivity index (χ0n) is 16.7. The van der Waals surface area contributed by atoms with Crippen molar-refractivity contribution in [1.82, 2.24) is 4.90 Å². The quantitative estimate of drug-likeness (QED) is 0.281. The molecular formula is C16H21F3N2O8P2S2. The highest BCUT2D eigenvalue weighted by Crippen LogP contribution is 2.27. The molecule has 0 aliphatic rings. The molecule has 2 rings (SSSR count). The van der Waals surface area contributed by atoms with Crippen LogP contribution in [0.3, 0.4) is 0 Å². The number of para-hydroxylation sites is 1. The van der Waals surface area contributed by atoms with E-state index in [2.05, 4.69) is 28.9 Å². The van der Waals surface area contributed by atoms with Crippen LogP contribution in [-0.2, 0) is 23.6 Å². The summed E-state index contributed by atoms with van der Waals surface area (Å²) in [7, 11) is 1.08. The molecule has 10 nitrogen and oxygen atoms in total. The highest BCUT2D eigenvalue weighted by molar-refractivity contribution is 8.06. The summed E-state index contributed by atoms with van der Waals surface area (Å²) >= 11 is 7.21. The number of hydrogen-bond donors (Lipinski definition) is 7. The number of urea groups is 1. The Hall–Kier alpha value is -1.64. The number of halogens is 3. The van der Waals surface area contributed by atoms with E-state index >= 15 is 0 Å². The minimum Gasteiger partial charge on any atom is -0.457 e. The van der Waals surface area contributed by atoms with E-state index in [0.29, 0.717) is 22.1 Å². The molecule has 2 aromatic rings. The first-order chi connectivity index (χ1) is 14.8. The van der Waals surface area contributed by atoms with Gasteiger partial charge in [0.25, 0.3) is 0 Å². The predicted octanol–water partition coefficient (Wildman–Crippen LogP) is 2.88. The van der Waals surface area contributed by atoms with Crippen LogP contribution in [0.25, 0.3) is 0 Å². The van der Waals surface area contributed by atoms with Gasteiger partial charge in [0, 0.05) is 12.7 Å². The third-order valence-electron chi connectivity index (χ3n) is 2.85. The lowest BCUT2D eigenvalue weighted by molar-refractivity contribution is -0.137. The van der Waals surface area contributed by atoms with Crippen LogP contribution in [0.5, 0.6) is 11.5 Å². The van der Waals surface area contributed by atoms with Crippen molar-refractivity contribution in [2.45, 2.75) is 6.18 Å². The second-order valence-electron chi connectivity index (χ2n) is 5.87. The van der Waals surface area contributed by atoms with Gasteiger partial charge in [0.1, 0.15) is 18.0 Å². The van der Waals surface area contributed by atoms with Crippen molar-refractivity contribution in [3.05, 3.63) is 54.6 Å². The number of ether oxygens (including phenoxy) is 1. The molecule has 0 saturated carbocycles. The van der Waals surface area contributed by atoms with Gasteiger partial charge in [-0.25, -0.2) is 4.79 Å². The van der Waals surface area contributed by atoms with Gasteiger partial charge in [-0.2, -0.15) is 13.2 Å². The summed E-state index contributed by atoms with van der Waals surface area (Å²) in [4.78, 5) is 57.6. The van der Waals surface area contributed by atoms with Crippen molar-refractivity contribution in [1.29, 1.82) is 0 Å². The van der Waals surface area contributed by atoms with Crippen LogP contribution in [0.1, 0.15) is 0 Å². The van der Waals surface area contributed by atoms with Crippen LogP contribution in [0.15, 0.2) is 54.6 Å². The summed E-state index contributed by atoms with van der Waals surface area (Å²) in [6, 6.07) is 14.6. The number of carbonyl (C=O) groups excluding carboxylic acids is 1. The highest BCUT2D eigenvalue weighted by Gasteiger charge is 2.31. The number of benzene rings is 2. The van der Waals surface area contributed by atoms with Gasteiger partial charge >= 0.3 is 25.6 Å². The predicted molar refractivity (Wildman–Crippen MR) is 123 cm³/mol. The van der Waals surface area contributed by atoms with Crippen LogP contribution < -0.4 is 10.1 Å². The third-order valence-corrected chi connectivity index (χ3v) is 2.85. The Balaban J connectivity index is 0.000000859. The highest BCUT2D eigenvalue weighted by atomic mass is 32.5. The van der Waals surface area contributed by atoms with Crippen LogP contribution in [0.2, 0.25) is 0 Å². The normalized spacial score (nSPS) is 11.2. The molecule has 186 valence electrons. The van der Waals surface area contributed by atoms with Crippen molar-refractivity contribution < 1.29 is 52.1 Å². The molecule has 0 saturated heterocycles. The monoisotopic (exact) mass is 552 g/mol. The van der Waals surface area contributed by atoms with E-state index in [0.717, 1.165) is 7.05 Å². The summed E-state index contributed by atoms with van der Waals surface area (Å²) in [5.74, 6) is 1.21. The minimum atomic E-state index is -4.43. The Kier molecular flexibility index (Phi) is 13.2. The zero-order chi connectivity index (χ0) is 25.9. The molecule has 0 radical (unpaired) electrons. The van der Waals surface area contributed by atoms with Crippen LogP contribution in [0, 0.1) is 0 Å². The third kappa shape index (κ3) is 21.9. The number of amides is 2. The summed E-state index contributed by atoms with van der Waals surface area (Å²) in [5, 5.41) is 2.39. The zero-order valence-corrected chi connectivity index (χ0v) is 20.1. The van der Waals surface area contributed by atoms with Crippen LogP contribution >= 0.6 is 13.4 Å². The molecule has 33 heavy (non-hydrogen) atoms. The van der Waals surface area contributed by atoms with E-state index in [-0.39, 0.29) is 0 Å². The maximum Gasteiger partial charge on any atom is 0.406 e. The topological polar surface area (TPSA) is 163 Å². The second kappa shape index (κ2) is 13.9. The fraction of sp³-hybridized carbons (Fsp3) is 0.188. The number of anilines is 1. The van der Waals surface area contributed by atoms with Gasteiger partial charge in [-0.15, -0.1) is 0 Å². The molecule has 2 aromatic carbocycles. The molecule has 0 spiro atoms. The number of carbonyl (C=O) groups is 1. The minimum absolute atomic E-state index is 0.379. The Morgan fingerprint density at radius 3 is 1.70 bits per heavy atom. The van der Waals surface area contributed by atoms with E-state index in [1.807, 2.05) is 18.2 Å².